The number of piperidine rings is 1. The van der Waals surface area contributed by atoms with Crippen LogP contribution in [0.15, 0.2) is 29.6 Å². The summed E-state index contributed by atoms with van der Waals surface area (Å²) in [6, 6.07) is 8.40. The van der Waals surface area contributed by atoms with Crippen molar-refractivity contribution in [3.05, 3.63) is 51.5 Å². The number of hydrogen-bond donors (Lipinski definition) is 1. The number of benzene rings is 1. The Hall–Kier alpha value is -1.72. The minimum Gasteiger partial charge on any atom is -0.333 e. The predicted octanol–water partition coefficient (Wildman–Crippen LogP) is 2.81. The van der Waals surface area contributed by atoms with Gasteiger partial charge < -0.3 is 10.2 Å². The summed E-state index contributed by atoms with van der Waals surface area (Å²) in [5.74, 6) is 0.598. The Morgan fingerprint density at radius 3 is 2.83 bits per heavy atom. The van der Waals surface area contributed by atoms with Gasteiger partial charge in [0, 0.05) is 24.4 Å². The van der Waals surface area contributed by atoms with Crippen LogP contribution in [0.2, 0.25) is 0 Å². The van der Waals surface area contributed by atoms with Gasteiger partial charge in [-0.25, -0.2) is 4.98 Å². The smallest absolute Gasteiger partial charge is 0.273 e. The second-order valence-electron chi connectivity index (χ2n) is 6.34. The number of carbonyl (C=O) groups is 1. The van der Waals surface area contributed by atoms with Crippen molar-refractivity contribution < 1.29 is 4.79 Å². The van der Waals surface area contributed by atoms with E-state index in [0.717, 1.165) is 43.9 Å². The molecule has 0 aliphatic carbocycles. The number of carbonyl (C=O) groups excluding carboxylic acids is 1. The molecule has 0 atom stereocenters. The number of rotatable bonds is 2. The van der Waals surface area contributed by atoms with Crippen LogP contribution in [0.5, 0.6) is 0 Å². The number of nitrogens with zero attached hydrogens (tertiary/aromatic N) is 2. The van der Waals surface area contributed by atoms with Gasteiger partial charge in [0.1, 0.15) is 5.69 Å². The predicted molar refractivity (Wildman–Crippen MR) is 91.8 cm³/mol. The molecule has 3 heterocycles. The van der Waals surface area contributed by atoms with Gasteiger partial charge in [0.2, 0.25) is 0 Å². The van der Waals surface area contributed by atoms with Gasteiger partial charge in [-0.1, -0.05) is 24.3 Å². The lowest BCUT2D eigenvalue weighted by atomic mass is 9.99. The molecule has 0 saturated carbocycles. The maximum absolute atomic E-state index is 12.8. The largest absolute Gasteiger partial charge is 0.333 e. The molecule has 0 radical (unpaired) electrons. The lowest BCUT2D eigenvalue weighted by Gasteiger charge is -2.28. The molecule has 120 valence electrons. The summed E-state index contributed by atoms with van der Waals surface area (Å²) in [4.78, 5) is 19.4. The van der Waals surface area contributed by atoms with Gasteiger partial charge in [0.15, 0.2) is 0 Å². The molecule has 0 bridgehead atoms. The van der Waals surface area contributed by atoms with Crippen molar-refractivity contribution in [2.45, 2.75) is 31.7 Å². The molecule has 0 unspecified atom stereocenters. The summed E-state index contributed by atoms with van der Waals surface area (Å²) in [6.07, 6.45) is 3.18. The van der Waals surface area contributed by atoms with Crippen LogP contribution in [0.1, 0.15) is 45.4 Å². The molecule has 1 saturated heterocycles. The minimum absolute atomic E-state index is 0.0796. The Morgan fingerprint density at radius 1 is 1.22 bits per heavy atom. The number of hydrogen-bond acceptors (Lipinski definition) is 4. The number of fused-ring (bicyclic) bond motifs is 1. The Kier molecular flexibility index (Phi) is 4.14. The van der Waals surface area contributed by atoms with E-state index in [1.807, 2.05) is 16.3 Å². The third-order valence-corrected chi connectivity index (χ3v) is 5.85. The second-order valence-corrected chi connectivity index (χ2v) is 7.23. The van der Waals surface area contributed by atoms with Gasteiger partial charge in [-0.15, -0.1) is 11.3 Å². The van der Waals surface area contributed by atoms with Crippen LogP contribution in [0.3, 0.4) is 0 Å². The van der Waals surface area contributed by atoms with E-state index < -0.39 is 0 Å². The summed E-state index contributed by atoms with van der Waals surface area (Å²) < 4.78 is 0. The molecular formula is C18H21N3OS. The van der Waals surface area contributed by atoms with Crippen LogP contribution in [-0.4, -0.2) is 35.4 Å². The molecule has 1 amide bonds. The topological polar surface area (TPSA) is 45.2 Å². The fourth-order valence-electron chi connectivity index (χ4n) is 3.47. The number of thiazole rings is 1. The first kappa shape index (κ1) is 14.8. The van der Waals surface area contributed by atoms with Crippen LogP contribution in [0.4, 0.5) is 0 Å². The lowest BCUT2D eigenvalue weighted by Crippen LogP contribution is -2.36. The summed E-state index contributed by atoms with van der Waals surface area (Å²) in [5, 5.41) is 6.45. The SMILES string of the molecule is O=C(c1csc(C2CCNCC2)n1)N1CCc2ccccc2C1. The van der Waals surface area contributed by atoms with Crippen LogP contribution in [-0.2, 0) is 13.0 Å². The van der Waals surface area contributed by atoms with Crippen molar-refractivity contribution in [1.29, 1.82) is 0 Å². The first-order valence-electron chi connectivity index (χ1n) is 8.33. The molecule has 1 aromatic carbocycles. The van der Waals surface area contributed by atoms with E-state index in [0.29, 0.717) is 18.2 Å². The molecule has 1 fully saturated rings. The number of nitrogens with one attached hydrogen (secondary N) is 1. The highest BCUT2D eigenvalue weighted by Gasteiger charge is 2.25. The second kappa shape index (κ2) is 6.42. The van der Waals surface area contributed by atoms with Crippen molar-refractivity contribution in [2.75, 3.05) is 19.6 Å². The average molecular weight is 327 g/mol. The Labute approximate surface area is 140 Å². The highest BCUT2D eigenvalue weighted by atomic mass is 32.1. The third kappa shape index (κ3) is 3.03. The van der Waals surface area contributed by atoms with E-state index >= 15 is 0 Å². The molecule has 23 heavy (non-hydrogen) atoms. The molecule has 2 aliphatic heterocycles. The van der Waals surface area contributed by atoms with Crippen molar-refractivity contribution in [2.24, 2.45) is 0 Å². The molecule has 5 heteroatoms. The molecule has 2 aliphatic rings. The van der Waals surface area contributed by atoms with Crippen LogP contribution in [0, 0.1) is 0 Å². The monoisotopic (exact) mass is 327 g/mol. The summed E-state index contributed by atoms with van der Waals surface area (Å²) in [6.45, 7) is 3.60. The fourth-order valence-corrected chi connectivity index (χ4v) is 4.44. The zero-order chi connectivity index (χ0) is 15.6. The highest BCUT2D eigenvalue weighted by molar-refractivity contribution is 7.09. The van der Waals surface area contributed by atoms with Gasteiger partial charge in [0.05, 0.1) is 5.01 Å². The highest BCUT2D eigenvalue weighted by Crippen LogP contribution is 2.29. The molecule has 1 aromatic heterocycles. The lowest BCUT2D eigenvalue weighted by molar-refractivity contribution is 0.0729. The number of aromatic nitrogens is 1. The summed E-state index contributed by atoms with van der Waals surface area (Å²) in [5.41, 5.74) is 3.26. The van der Waals surface area contributed by atoms with E-state index in [9.17, 15) is 4.79 Å². The fraction of sp³-hybridized carbons (Fsp3) is 0.444. The van der Waals surface area contributed by atoms with E-state index in [-0.39, 0.29) is 5.91 Å². The van der Waals surface area contributed by atoms with Crippen molar-refractivity contribution in [3.8, 4) is 0 Å². The van der Waals surface area contributed by atoms with E-state index in [4.69, 9.17) is 0 Å². The molecular weight excluding hydrogens is 306 g/mol. The van der Waals surface area contributed by atoms with E-state index in [1.165, 1.54) is 11.1 Å². The summed E-state index contributed by atoms with van der Waals surface area (Å²) in [7, 11) is 0. The van der Waals surface area contributed by atoms with Gasteiger partial charge in [-0.2, -0.15) is 0 Å². The third-order valence-electron chi connectivity index (χ3n) is 4.85. The standard InChI is InChI=1S/C18H21N3OS/c22-18(21-10-7-13-3-1-2-4-15(13)11-21)16-12-23-17(20-16)14-5-8-19-9-6-14/h1-4,12,14,19H,5-11H2. The molecule has 4 nitrogen and oxygen atoms in total. The molecule has 4 rings (SSSR count). The average Bonchev–Trinajstić information content (AvgIpc) is 3.11. The maximum Gasteiger partial charge on any atom is 0.273 e. The van der Waals surface area contributed by atoms with Crippen LogP contribution in [0.25, 0.3) is 0 Å². The van der Waals surface area contributed by atoms with Gasteiger partial charge in [0.25, 0.3) is 5.91 Å². The van der Waals surface area contributed by atoms with Gasteiger partial charge >= 0.3 is 0 Å². The van der Waals surface area contributed by atoms with Crippen molar-refractivity contribution in [1.82, 2.24) is 15.2 Å². The molecule has 0 spiro atoms. The van der Waals surface area contributed by atoms with Crippen molar-refractivity contribution >= 4 is 17.2 Å². The Morgan fingerprint density at radius 2 is 2.00 bits per heavy atom. The Balaban J connectivity index is 1.48. The van der Waals surface area contributed by atoms with Gasteiger partial charge in [-0.05, 0) is 43.5 Å². The van der Waals surface area contributed by atoms with Crippen LogP contribution < -0.4 is 5.32 Å². The quantitative estimate of drug-likeness (QED) is 0.922. The minimum atomic E-state index is 0.0796. The van der Waals surface area contributed by atoms with Crippen LogP contribution >= 0.6 is 11.3 Å². The Bertz CT molecular complexity index is 706. The molecule has 1 N–H and O–H groups in total. The first-order valence-corrected chi connectivity index (χ1v) is 9.21. The summed E-state index contributed by atoms with van der Waals surface area (Å²) >= 11 is 1.65. The van der Waals surface area contributed by atoms with E-state index in [1.54, 1.807) is 11.3 Å². The van der Waals surface area contributed by atoms with E-state index in [2.05, 4.69) is 28.5 Å². The first-order chi connectivity index (χ1) is 11.3. The zero-order valence-corrected chi connectivity index (χ0v) is 13.9. The maximum atomic E-state index is 12.8. The van der Waals surface area contributed by atoms with Crippen molar-refractivity contribution in [3.63, 3.8) is 0 Å². The zero-order valence-electron chi connectivity index (χ0n) is 13.1. The molecule has 2 aromatic rings. The van der Waals surface area contributed by atoms with Gasteiger partial charge in [-0.3, -0.25) is 4.79 Å². The number of amides is 1. The normalized spacial score (nSPS) is 18.7.